The maximum atomic E-state index is 12.4. The number of aromatic nitrogens is 3. The Morgan fingerprint density at radius 2 is 1.94 bits per heavy atom. The smallest absolute Gasteiger partial charge is 0.192 e. The van der Waals surface area contributed by atoms with E-state index in [0.29, 0.717) is 17.5 Å². The summed E-state index contributed by atoms with van der Waals surface area (Å²) in [6.07, 6.45) is 1.61. The Hall–Kier alpha value is -3.31. The van der Waals surface area contributed by atoms with E-state index in [9.17, 15) is 4.79 Å². The molecule has 0 amide bonds. The van der Waals surface area contributed by atoms with Gasteiger partial charge in [0.05, 0.1) is 18.6 Å². The summed E-state index contributed by atoms with van der Waals surface area (Å²) in [5.41, 5.74) is 8.02. The SMILES string of the molecule is CC(N)=C(C#N)C(=O)CSc1nnc(-c2ccc(C(C)(C)C)cc2)n1Cc1ccco1. The number of thioether (sulfide) groups is 1. The van der Waals surface area contributed by atoms with Gasteiger partial charge in [0, 0.05) is 11.3 Å². The standard InChI is InChI=1S/C23H25N5O2S/c1-15(25)19(12-24)20(29)14-31-22-27-26-21(28(22)13-18-6-5-11-30-18)16-7-9-17(10-8-16)23(2,3)4/h5-11H,13-14,25H2,1-4H3. The van der Waals surface area contributed by atoms with Gasteiger partial charge in [-0.15, -0.1) is 10.2 Å². The third-order valence-electron chi connectivity index (χ3n) is 4.74. The van der Waals surface area contributed by atoms with Gasteiger partial charge in [0.1, 0.15) is 17.4 Å². The van der Waals surface area contributed by atoms with Crippen LogP contribution in [0.1, 0.15) is 39.0 Å². The Bertz CT molecular complexity index is 1130. The van der Waals surface area contributed by atoms with Gasteiger partial charge in [0.2, 0.25) is 0 Å². The van der Waals surface area contributed by atoms with Crippen molar-refractivity contribution in [2.75, 3.05) is 5.75 Å². The van der Waals surface area contributed by atoms with Crippen LogP contribution in [0.25, 0.3) is 11.4 Å². The van der Waals surface area contributed by atoms with Crippen LogP contribution >= 0.6 is 11.8 Å². The number of hydrogen-bond donors (Lipinski definition) is 1. The molecule has 0 spiro atoms. The summed E-state index contributed by atoms with van der Waals surface area (Å²) < 4.78 is 7.42. The normalized spacial score (nSPS) is 12.4. The van der Waals surface area contributed by atoms with Crippen LogP contribution in [0.5, 0.6) is 0 Å². The van der Waals surface area contributed by atoms with Crippen LogP contribution in [-0.4, -0.2) is 26.3 Å². The van der Waals surface area contributed by atoms with Crippen molar-refractivity contribution in [1.29, 1.82) is 5.26 Å². The zero-order chi connectivity index (χ0) is 22.6. The first-order chi connectivity index (χ1) is 14.7. The van der Waals surface area contributed by atoms with Crippen LogP contribution in [0.4, 0.5) is 0 Å². The summed E-state index contributed by atoms with van der Waals surface area (Å²) in [5, 5.41) is 18.4. The van der Waals surface area contributed by atoms with Crippen LogP contribution in [0.3, 0.4) is 0 Å². The Morgan fingerprint density at radius 1 is 1.23 bits per heavy atom. The Labute approximate surface area is 186 Å². The molecule has 0 atom stereocenters. The number of carbonyl (C=O) groups excluding carboxylic acids is 1. The average Bonchev–Trinajstić information content (AvgIpc) is 3.36. The van der Waals surface area contributed by atoms with Crippen molar-refractivity contribution in [3.8, 4) is 17.5 Å². The number of allylic oxidation sites excluding steroid dienone is 2. The van der Waals surface area contributed by atoms with Crippen molar-refractivity contribution in [3.05, 3.63) is 65.3 Å². The van der Waals surface area contributed by atoms with Crippen molar-refractivity contribution in [2.45, 2.75) is 44.8 Å². The molecule has 31 heavy (non-hydrogen) atoms. The zero-order valence-electron chi connectivity index (χ0n) is 18.0. The minimum absolute atomic E-state index is 0.0254. The number of nitrogens with zero attached hydrogens (tertiary/aromatic N) is 4. The second-order valence-corrected chi connectivity index (χ2v) is 9.12. The highest BCUT2D eigenvalue weighted by Gasteiger charge is 2.20. The first-order valence-electron chi connectivity index (χ1n) is 9.79. The van der Waals surface area contributed by atoms with Crippen molar-refractivity contribution in [3.63, 3.8) is 0 Å². The Balaban J connectivity index is 1.92. The van der Waals surface area contributed by atoms with Gasteiger partial charge in [-0.25, -0.2) is 0 Å². The van der Waals surface area contributed by atoms with Gasteiger partial charge in [-0.1, -0.05) is 56.8 Å². The molecule has 0 aliphatic heterocycles. The van der Waals surface area contributed by atoms with Gasteiger partial charge < -0.3 is 10.2 Å². The highest BCUT2D eigenvalue weighted by Crippen LogP contribution is 2.28. The van der Waals surface area contributed by atoms with Crippen LogP contribution in [-0.2, 0) is 16.8 Å². The molecule has 0 radical (unpaired) electrons. The maximum Gasteiger partial charge on any atom is 0.192 e. The lowest BCUT2D eigenvalue weighted by Crippen LogP contribution is -2.11. The largest absolute Gasteiger partial charge is 0.467 e. The number of benzene rings is 1. The lowest BCUT2D eigenvalue weighted by Gasteiger charge is -2.19. The second-order valence-electron chi connectivity index (χ2n) is 8.18. The summed E-state index contributed by atoms with van der Waals surface area (Å²) in [6.45, 7) is 8.46. The van der Waals surface area contributed by atoms with Gasteiger partial charge in [0.15, 0.2) is 16.8 Å². The average molecular weight is 436 g/mol. The molecular formula is C23H25N5O2S. The summed E-state index contributed by atoms with van der Waals surface area (Å²) in [4.78, 5) is 12.4. The molecule has 0 aliphatic carbocycles. The van der Waals surface area contributed by atoms with Gasteiger partial charge >= 0.3 is 0 Å². The monoisotopic (exact) mass is 435 g/mol. The van der Waals surface area contributed by atoms with Crippen molar-refractivity contribution < 1.29 is 9.21 Å². The summed E-state index contributed by atoms with van der Waals surface area (Å²) in [7, 11) is 0. The number of hydrogen-bond acceptors (Lipinski definition) is 7. The van der Waals surface area contributed by atoms with Gasteiger partial charge in [0.25, 0.3) is 0 Å². The fraction of sp³-hybridized carbons (Fsp3) is 0.304. The number of carbonyl (C=O) groups is 1. The molecule has 3 aromatic rings. The first-order valence-corrected chi connectivity index (χ1v) is 10.8. The molecule has 0 unspecified atom stereocenters. The molecule has 8 heteroatoms. The van der Waals surface area contributed by atoms with Crippen LogP contribution in [0.2, 0.25) is 0 Å². The highest BCUT2D eigenvalue weighted by molar-refractivity contribution is 7.99. The molecule has 0 fully saturated rings. The van der Waals surface area contributed by atoms with Crippen molar-refractivity contribution >= 4 is 17.5 Å². The Kier molecular flexibility index (Phi) is 6.66. The van der Waals surface area contributed by atoms with Gasteiger partial charge in [-0.2, -0.15) is 5.26 Å². The fourth-order valence-corrected chi connectivity index (χ4v) is 3.81. The molecule has 7 nitrogen and oxygen atoms in total. The topological polar surface area (TPSA) is 111 Å². The van der Waals surface area contributed by atoms with E-state index in [1.54, 1.807) is 13.2 Å². The predicted octanol–water partition coefficient (Wildman–Crippen LogP) is 4.30. The molecule has 2 heterocycles. The lowest BCUT2D eigenvalue weighted by atomic mass is 9.87. The molecule has 2 aromatic heterocycles. The molecule has 0 saturated carbocycles. The van der Waals surface area contributed by atoms with Crippen LogP contribution in [0.15, 0.2) is 63.5 Å². The third-order valence-corrected chi connectivity index (χ3v) is 5.70. The highest BCUT2D eigenvalue weighted by atomic mass is 32.2. The van der Waals surface area contributed by atoms with Gasteiger partial charge in [-0.05, 0) is 30.0 Å². The number of nitriles is 1. The summed E-state index contributed by atoms with van der Waals surface area (Å²) >= 11 is 1.22. The van der Waals surface area contributed by atoms with Gasteiger partial charge in [-0.3, -0.25) is 9.36 Å². The van der Waals surface area contributed by atoms with E-state index in [0.717, 1.165) is 11.3 Å². The molecule has 0 saturated heterocycles. The Morgan fingerprint density at radius 3 is 2.48 bits per heavy atom. The molecule has 0 aliphatic rings. The third kappa shape index (κ3) is 5.25. The number of ketones is 1. The van der Waals surface area contributed by atoms with E-state index in [4.69, 9.17) is 15.4 Å². The van der Waals surface area contributed by atoms with E-state index in [1.165, 1.54) is 17.3 Å². The number of rotatable bonds is 7. The number of nitrogens with two attached hydrogens (primary N) is 1. The van der Waals surface area contributed by atoms with Crippen molar-refractivity contribution in [1.82, 2.24) is 14.8 Å². The van der Waals surface area contributed by atoms with Crippen molar-refractivity contribution in [2.24, 2.45) is 5.73 Å². The van der Waals surface area contributed by atoms with E-state index in [1.807, 2.05) is 34.9 Å². The molecular weight excluding hydrogens is 410 g/mol. The fourth-order valence-electron chi connectivity index (χ4n) is 3.00. The number of Topliss-reactive ketones (excluding diaryl/α,β-unsaturated/α-hetero) is 1. The van der Waals surface area contributed by atoms with Crippen LogP contribution in [0, 0.1) is 11.3 Å². The molecule has 3 rings (SSSR count). The molecule has 0 bridgehead atoms. The van der Waals surface area contributed by atoms with E-state index < -0.39 is 0 Å². The first kappa shape index (κ1) is 22.4. The van der Waals surface area contributed by atoms with Crippen LogP contribution < -0.4 is 5.73 Å². The maximum absolute atomic E-state index is 12.4. The van der Waals surface area contributed by atoms with E-state index in [2.05, 4.69) is 43.1 Å². The van der Waals surface area contributed by atoms with E-state index >= 15 is 0 Å². The predicted molar refractivity (Wildman–Crippen MR) is 120 cm³/mol. The zero-order valence-corrected chi connectivity index (χ0v) is 18.9. The lowest BCUT2D eigenvalue weighted by molar-refractivity contribution is -0.112. The minimum Gasteiger partial charge on any atom is -0.467 e. The summed E-state index contributed by atoms with van der Waals surface area (Å²) in [6, 6.07) is 13.8. The summed E-state index contributed by atoms with van der Waals surface area (Å²) in [5.74, 6) is 1.13. The van der Waals surface area contributed by atoms with E-state index in [-0.39, 0.29) is 28.2 Å². The molecule has 1 aromatic carbocycles. The quantitative estimate of drug-likeness (QED) is 0.334. The minimum atomic E-state index is -0.337. The number of furan rings is 1. The molecule has 2 N–H and O–H groups in total. The second kappa shape index (κ2) is 9.23. The molecule has 160 valence electrons.